The van der Waals surface area contributed by atoms with Gasteiger partial charge in [0.05, 0.1) is 32.2 Å². The quantitative estimate of drug-likeness (QED) is 0.116. The van der Waals surface area contributed by atoms with Gasteiger partial charge in [-0.15, -0.1) is 0 Å². The lowest BCUT2D eigenvalue weighted by Gasteiger charge is -2.37. The molecule has 2 rings (SSSR count). The molecule has 0 radical (unpaired) electrons. The maximum absolute atomic E-state index is 13.9. The van der Waals surface area contributed by atoms with Gasteiger partial charge in [0.25, 0.3) is 0 Å². The number of rotatable bonds is 14. The number of ether oxygens (including phenoxy) is 3. The highest BCUT2D eigenvalue weighted by molar-refractivity contribution is 6.11. The molecule has 0 saturated heterocycles. The van der Waals surface area contributed by atoms with Crippen molar-refractivity contribution in [2.24, 2.45) is 17.3 Å². The molecule has 0 unspecified atom stereocenters. The number of esters is 3. The third kappa shape index (κ3) is 8.58. The monoisotopic (exact) mass is 492 g/mol. The van der Waals surface area contributed by atoms with Crippen LogP contribution < -0.4 is 0 Å². The van der Waals surface area contributed by atoms with Gasteiger partial charge < -0.3 is 14.2 Å². The van der Waals surface area contributed by atoms with E-state index in [2.05, 4.69) is 6.58 Å². The number of hydrogen-bond donors (Lipinski definition) is 0. The van der Waals surface area contributed by atoms with E-state index >= 15 is 0 Å². The molecule has 0 aromatic heterocycles. The predicted molar refractivity (Wildman–Crippen MR) is 128 cm³/mol. The van der Waals surface area contributed by atoms with Gasteiger partial charge in [0.1, 0.15) is 11.6 Å². The Morgan fingerprint density at radius 1 is 0.800 bits per heavy atom. The van der Waals surface area contributed by atoms with Gasteiger partial charge in [0.15, 0.2) is 0 Å². The summed E-state index contributed by atoms with van der Waals surface area (Å²) in [6, 6.07) is 0. The van der Waals surface area contributed by atoms with Crippen molar-refractivity contribution in [2.45, 2.75) is 89.9 Å². The largest absolute Gasteiger partial charge is 0.469 e. The Morgan fingerprint density at radius 2 is 1.31 bits per heavy atom. The van der Waals surface area contributed by atoms with E-state index in [1.165, 1.54) is 7.11 Å². The van der Waals surface area contributed by atoms with Crippen molar-refractivity contribution in [3.8, 4) is 0 Å². The highest BCUT2D eigenvalue weighted by Crippen LogP contribution is 2.43. The van der Waals surface area contributed by atoms with Gasteiger partial charge in [-0.3, -0.25) is 19.2 Å². The van der Waals surface area contributed by atoms with E-state index in [9.17, 15) is 24.0 Å². The summed E-state index contributed by atoms with van der Waals surface area (Å²) >= 11 is 0. The highest BCUT2D eigenvalue weighted by atomic mass is 16.5. The molecule has 2 saturated carbocycles. The molecule has 2 fully saturated rings. The van der Waals surface area contributed by atoms with Gasteiger partial charge in [0.2, 0.25) is 0 Å². The number of ketones is 2. The second-order valence-corrected chi connectivity index (χ2v) is 9.68. The zero-order valence-corrected chi connectivity index (χ0v) is 21.0. The van der Waals surface area contributed by atoms with Crippen LogP contribution in [-0.2, 0) is 38.2 Å². The summed E-state index contributed by atoms with van der Waals surface area (Å²) in [5.41, 5.74) is -1.56. The first-order valence-corrected chi connectivity index (χ1v) is 12.9. The van der Waals surface area contributed by atoms with Crippen molar-refractivity contribution in [1.29, 1.82) is 0 Å². The maximum atomic E-state index is 13.9. The predicted octanol–water partition coefficient (Wildman–Crippen LogP) is 4.28. The summed E-state index contributed by atoms with van der Waals surface area (Å²) in [7, 11) is 1.25. The van der Waals surface area contributed by atoms with E-state index in [0.717, 1.165) is 44.6 Å². The van der Waals surface area contributed by atoms with Crippen LogP contribution in [0.1, 0.15) is 89.9 Å². The maximum Gasteiger partial charge on any atom is 0.330 e. The molecule has 0 spiro atoms. The molecule has 0 N–H and O–H groups in total. The SMILES string of the molecule is C=CC(=O)OCCCOC(=O)CCC(CC(=O)OC)(C(=O)C1CCCCC1)C(=O)C1CCCCC1. The van der Waals surface area contributed by atoms with E-state index in [4.69, 9.17) is 14.2 Å². The molecule has 8 nitrogen and oxygen atoms in total. The normalized spacial score (nSPS) is 17.3. The summed E-state index contributed by atoms with van der Waals surface area (Å²) in [6.07, 6.45) is 9.42. The summed E-state index contributed by atoms with van der Waals surface area (Å²) in [5.74, 6) is -2.69. The van der Waals surface area contributed by atoms with E-state index in [1.54, 1.807) is 0 Å². The molecular weight excluding hydrogens is 452 g/mol. The third-order valence-electron chi connectivity index (χ3n) is 7.29. The Hall–Kier alpha value is -2.51. The average molecular weight is 493 g/mol. The van der Waals surface area contributed by atoms with E-state index < -0.39 is 23.3 Å². The van der Waals surface area contributed by atoms with Gasteiger partial charge in [-0.2, -0.15) is 0 Å². The zero-order chi connectivity index (χ0) is 25.7. The number of Topliss-reactive ketones (excluding diaryl/α,β-unsaturated/α-hetero) is 2. The van der Waals surface area contributed by atoms with Gasteiger partial charge in [-0.1, -0.05) is 45.1 Å². The lowest BCUT2D eigenvalue weighted by molar-refractivity contribution is -0.158. The smallest absolute Gasteiger partial charge is 0.330 e. The molecule has 0 bridgehead atoms. The Bertz CT molecular complexity index is 729. The second-order valence-electron chi connectivity index (χ2n) is 9.68. The molecule has 35 heavy (non-hydrogen) atoms. The number of carbonyl (C=O) groups excluding carboxylic acids is 5. The number of carbonyl (C=O) groups is 5. The second kappa shape index (κ2) is 14.8. The molecule has 0 amide bonds. The molecule has 0 atom stereocenters. The topological polar surface area (TPSA) is 113 Å². The molecule has 196 valence electrons. The summed E-state index contributed by atoms with van der Waals surface area (Å²) in [5, 5.41) is 0. The molecule has 8 heteroatoms. The minimum Gasteiger partial charge on any atom is -0.469 e. The van der Waals surface area contributed by atoms with E-state index in [-0.39, 0.29) is 55.9 Å². The van der Waals surface area contributed by atoms with Crippen LogP contribution in [0.5, 0.6) is 0 Å². The van der Waals surface area contributed by atoms with Crippen LogP contribution in [0.25, 0.3) is 0 Å². The molecule has 2 aliphatic carbocycles. The minimum absolute atomic E-state index is 0.0421. The van der Waals surface area contributed by atoms with Crippen molar-refractivity contribution >= 4 is 29.5 Å². The van der Waals surface area contributed by atoms with Crippen molar-refractivity contribution in [3.05, 3.63) is 12.7 Å². The first-order valence-electron chi connectivity index (χ1n) is 12.9. The number of methoxy groups -OCH3 is 1. The Morgan fingerprint density at radius 3 is 1.80 bits per heavy atom. The fraction of sp³-hybridized carbons (Fsp3) is 0.741. The molecule has 0 aromatic rings. The van der Waals surface area contributed by atoms with Gasteiger partial charge in [-0.05, 0) is 32.1 Å². The van der Waals surface area contributed by atoms with Gasteiger partial charge in [0, 0.05) is 30.8 Å². The summed E-state index contributed by atoms with van der Waals surface area (Å²) < 4.78 is 15.0. The van der Waals surface area contributed by atoms with Crippen LogP contribution in [0.3, 0.4) is 0 Å². The van der Waals surface area contributed by atoms with Crippen LogP contribution >= 0.6 is 0 Å². The van der Waals surface area contributed by atoms with Crippen molar-refractivity contribution < 1.29 is 38.2 Å². The van der Waals surface area contributed by atoms with E-state index in [0.29, 0.717) is 32.1 Å². The molecule has 0 aliphatic heterocycles. The lowest BCUT2D eigenvalue weighted by Crippen LogP contribution is -2.48. The Kier molecular flexibility index (Phi) is 12.1. The van der Waals surface area contributed by atoms with Crippen LogP contribution in [0.2, 0.25) is 0 Å². The first-order chi connectivity index (χ1) is 16.8. The van der Waals surface area contributed by atoms with Crippen molar-refractivity contribution in [3.63, 3.8) is 0 Å². The van der Waals surface area contributed by atoms with Crippen LogP contribution in [0, 0.1) is 17.3 Å². The molecule has 2 aliphatic rings. The van der Waals surface area contributed by atoms with Gasteiger partial charge in [-0.25, -0.2) is 4.79 Å². The standard InChI is InChI=1S/C27H40O8/c1-3-22(28)34-17-10-18-35-23(29)15-16-27(19-24(30)33-2,25(31)20-11-6-4-7-12-20)26(32)21-13-8-5-9-14-21/h3,20-21H,1,4-19H2,2H3. The summed E-state index contributed by atoms with van der Waals surface area (Å²) in [4.78, 5) is 63.9. The average Bonchev–Trinajstić information content (AvgIpc) is 2.90. The van der Waals surface area contributed by atoms with Crippen molar-refractivity contribution in [2.75, 3.05) is 20.3 Å². The zero-order valence-electron chi connectivity index (χ0n) is 21.0. The van der Waals surface area contributed by atoms with Gasteiger partial charge >= 0.3 is 17.9 Å². The Labute approximate surface area is 208 Å². The third-order valence-corrected chi connectivity index (χ3v) is 7.29. The molecular formula is C27H40O8. The fourth-order valence-corrected chi connectivity index (χ4v) is 5.32. The van der Waals surface area contributed by atoms with E-state index in [1.807, 2.05) is 0 Å². The summed E-state index contributed by atoms with van der Waals surface area (Å²) in [6.45, 7) is 3.44. The van der Waals surface area contributed by atoms with Crippen LogP contribution in [-0.4, -0.2) is 49.8 Å². The fourth-order valence-electron chi connectivity index (χ4n) is 5.32. The first kappa shape index (κ1) is 28.7. The van der Waals surface area contributed by atoms with Crippen LogP contribution in [0.15, 0.2) is 12.7 Å². The lowest BCUT2D eigenvalue weighted by atomic mass is 9.62. The van der Waals surface area contributed by atoms with Crippen LogP contribution in [0.4, 0.5) is 0 Å². The number of hydrogen-bond acceptors (Lipinski definition) is 8. The Balaban J connectivity index is 2.16. The van der Waals surface area contributed by atoms with Crippen molar-refractivity contribution in [1.82, 2.24) is 0 Å². The minimum atomic E-state index is -1.56. The molecule has 0 aromatic carbocycles. The molecule has 0 heterocycles. The highest BCUT2D eigenvalue weighted by Gasteiger charge is 2.51.